The zero-order valence-corrected chi connectivity index (χ0v) is 25.4. The maximum absolute atomic E-state index is 16.9. The molecule has 1 aromatic carbocycles. The predicted octanol–water partition coefficient (Wildman–Crippen LogP) is 3.83. The third-order valence-electron chi connectivity index (χ3n) is 8.45. The van der Waals surface area contributed by atoms with Crippen molar-refractivity contribution in [2.45, 2.75) is 45.7 Å². The van der Waals surface area contributed by atoms with Crippen LogP contribution < -0.4 is 15.5 Å². The van der Waals surface area contributed by atoms with Gasteiger partial charge in [0.25, 0.3) is 5.91 Å². The second-order valence-electron chi connectivity index (χ2n) is 11.6. The summed E-state index contributed by atoms with van der Waals surface area (Å²) < 4.78 is 33.4. The fraction of sp³-hybridized carbons (Fsp3) is 0.312. The maximum atomic E-state index is 16.9. The maximum Gasteiger partial charge on any atom is 0.355 e. The predicted molar refractivity (Wildman–Crippen MR) is 165 cm³/mol. The van der Waals surface area contributed by atoms with E-state index < -0.39 is 52.3 Å². The van der Waals surface area contributed by atoms with Gasteiger partial charge in [-0.15, -0.1) is 0 Å². The zero-order chi connectivity index (χ0) is 32.5. The number of aromatic hydroxyl groups is 1. The minimum Gasteiger partial charge on any atom is -0.507 e. The summed E-state index contributed by atoms with van der Waals surface area (Å²) in [5.74, 6) is -3.75. The van der Waals surface area contributed by atoms with E-state index >= 15 is 8.78 Å². The molecular formula is C32H31F2N7O4. The van der Waals surface area contributed by atoms with Gasteiger partial charge in [-0.1, -0.05) is 26.5 Å². The lowest BCUT2D eigenvalue weighted by atomic mass is 10.0. The van der Waals surface area contributed by atoms with Crippen molar-refractivity contribution in [1.82, 2.24) is 24.4 Å². The number of aromatic nitrogens is 4. The number of aryl methyl sites for hydroxylation is 1. The second kappa shape index (κ2) is 10.8. The number of carbonyl (C=O) groups is 2. The molecule has 0 bridgehead atoms. The summed E-state index contributed by atoms with van der Waals surface area (Å²) in [5.41, 5.74) is -0.747. The highest BCUT2D eigenvalue weighted by molar-refractivity contribution is 6.13. The Hall–Kier alpha value is -5.20. The number of hydrogen-bond acceptors (Lipinski definition) is 8. The van der Waals surface area contributed by atoms with Gasteiger partial charge >= 0.3 is 5.69 Å². The van der Waals surface area contributed by atoms with Gasteiger partial charge in [0, 0.05) is 25.8 Å². The molecule has 45 heavy (non-hydrogen) atoms. The largest absolute Gasteiger partial charge is 0.507 e. The summed E-state index contributed by atoms with van der Waals surface area (Å²) in [6, 6.07) is 3.63. The number of anilines is 2. The van der Waals surface area contributed by atoms with Gasteiger partial charge in [0.15, 0.2) is 11.5 Å². The standard InChI is InChI=1S/C32H31F2N7O4/c1-7-21(43)39-13-17(5)40-19(14-39)31(44)38(6)28-23-29(36-26(24(28)34)22-18(33)9-8-10-20(22)42)41(32(45)37-30(23)40)27-16(4)11-12-35-25(27)15(2)3/h7-12,15,17,19,42H,1,13-14H2,2-6H3. The lowest BCUT2D eigenvalue weighted by Crippen LogP contribution is -2.63. The van der Waals surface area contributed by atoms with Crippen molar-refractivity contribution in [3.63, 3.8) is 0 Å². The average Bonchev–Trinajstić information content (AvgIpc) is 3.08. The van der Waals surface area contributed by atoms with Gasteiger partial charge in [-0.05, 0) is 49.6 Å². The van der Waals surface area contributed by atoms with Crippen LogP contribution in [0.2, 0.25) is 0 Å². The van der Waals surface area contributed by atoms with Crippen LogP contribution in [0.1, 0.15) is 37.9 Å². The van der Waals surface area contributed by atoms with E-state index in [0.717, 1.165) is 17.0 Å². The van der Waals surface area contributed by atoms with Gasteiger partial charge in [-0.25, -0.2) is 23.1 Å². The molecular weight excluding hydrogens is 584 g/mol. The number of piperazine rings is 1. The summed E-state index contributed by atoms with van der Waals surface area (Å²) >= 11 is 0. The first kappa shape index (κ1) is 29.9. The number of nitrogens with zero attached hydrogens (tertiary/aromatic N) is 7. The van der Waals surface area contributed by atoms with Crippen LogP contribution >= 0.6 is 0 Å². The number of phenolic OH excluding ortho intramolecular Hbond substituents is 1. The van der Waals surface area contributed by atoms with Gasteiger partial charge in [0.1, 0.15) is 29.1 Å². The van der Waals surface area contributed by atoms with Crippen molar-refractivity contribution in [3.8, 4) is 22.7 Å². The molecule has 2 atom stereocenters. The molecule has 2 unspecified atom stereocenters. The number of amides is 2. The molecule has 2 amide bonds. The van der Waals surface area contributed by atoms with E-state index in [1.165, 1.54) is 28.6 Å². The molecule has 2 aliphatic heterocycles. The first-order valence-corrected chi connectivity index (χ1v) is 14.4. The summed E-state index contributed by atoms with van der Waals surface area (Å²) in [6.45, 7) is 11.0. The van der Waals surface area contributed by atoms with Crippen LogP contribution in [0.25, 0.3) is 28.0 Å². The van der Waals surface area contributed by atoms with Gasteiger partial charge in [0.2, 0.25) is 5.91 Å². The van der Waals surface area contributed by atoms with Crippen LogP contribution in [0.15, 0.2) is 47.9 Å². The molecule has 2 aliphatic rings. The van der Waals surface area contributed by atoms with Crippen LogP contribution in [0.4, 0.5) is 20.3 Å². The number of carbonyl (C=O) groups excluding carboxylic acids is 2. The number of fused-ring (bicyclic) bond motifs is 2. The van der Waals surface area contributed by atoms with E-state index in [0.29, 0.717) is 16.9 Å². The number of halogens is 2. The van der Waals surface area contributed by atoms with Crippen LogP contribution in [0, 0.1) is 18.6 Å². The first-order chi connectivity index (χ1) is 21.4. The van der Waals surface area contributed by atoms with Crippen LogP contribution in [0.3, 0.4) is 0 Å². The summed E-state index contributed by atoms with van der Waals surface area (Å²) in [5, 5.41) is 10.7. The topological polar surface area (TPSA) is 125 Å². The fourth-order valence-corrected chi connectivity index (χ4v) is 6.38. The van der Waals surface area contributed by atoms with E-state index in [2.05, 4.69) is 21.5 Å². The van der Waals surface area contributed by atoms with Gasteiger partial charge in [-0.2, -0.15) is 4.98 Å². The third kappa shape index (κ3) is 4.44. The molecule has 232 valence electrons. The van der Waals surface area contributed by atoms with Gasteiger partial charge in [0.05, 0.1) is 34.6 Å². The molecule has 1 N–H and O–H groups in total. The van der Waals surface area contributed by atoms with Crippen LogP contribution in [-0.4, -0.2) is 73.6 Å². The summed E-state index contributed by atoms with van der Waals surface area (Å²) in [4.78, 5) is 58.6. The van der Waals surface area contributed by atoms with E-state index in [1.807, 2.05) is 13.8 Å². The van der Waals surface area contributed by atoms with Crippen molar-refractivity contribution in [2.75, 3.05) is 29.9 Å². The molecule has 0 saturated carbocycles. The average molecular weight is 616 g/mol. The Morgan fingerprint density at radius 2 is 1.87 bits per heavy atom. The molecule has 0 spiro atoms. The third-order valence-corrected chi connectivity index (χ3v) is 8.45. The highest BCUT2D eigenvalue weighted by Gasteiger charge is 2.45. The van der Waals surface area contributed by atoms with Crippen molar-refractivity contribution in [3.05, 3.63) is 76.5 Å². The molecule has 5 heterocycles. The molecule has 1 saturated heterocycles. The molecule has 4 aromatic rings. The van der Waals surface area contributed by atoms with E-state index in [-0.39, 0.29) is 47.5 Å². The normalized spacial score (nSPS) is 18.0. The minimum absolute atomic E-state index is 0.00509. The summed E-state index contributed by atoms with van der Waals surface area (Å²) in [6.07, 6.45) is 2.76. The Morgan fingerprint density at radius 1 is 1.13 bits per heavy atom. The number of likely N-dealkylation sites (N-methyl/N-ethyl adjacent to an activating group) is 1. The Kier molecular flexibility index (Phi) is 7.13. The Bertz CT molecular complexity index is 1970. The monoisotopic (exact) mass is 615 g/mol. The lowest BCUT2D eigenvalue weighted by Gasteiger charge is -2.45. The smallest absolute Gasteiger partial charge is 0.355 e. The minimum atomic E-state index is -1.09. The van der Waals surface area contributed by atoms with Crippen molar-refractivity contribution in [1.29, 1.82) is 0 Å². The SMILES string of the molecule is C=CC(=O)N1CC(C)N2c3nc(=O)n(-c4c(C)ccnc4C(C)C)c4nc(-c5c(O)cccc5F)c(F)c(c34)N(C)C(=O)C2C1. The van der Waals surface area contributed by atoms with Gasteiger partial charge < -0.3 is 19.8 Å². The summed E-state index contributed by atoms with van der Waals surface area (Å²) in [7, 11) is 1.36. The van der Waals surface area contributed by atoms with Crippen molar-refractivity contribution < 1.29 is 23.5 Å². The Morgan fingerprint density at radius 3 is 2.53 bits per heavy atom. The van der Waals surface area contributed by atoms with Crippen molar-refractivity contribution >= 4 is 34.4 Å². The number of rotatable bonds is 4. The van der Waals surface area contributed by atoms with Crippen LogP contribution in [0.5, 0.6) is 5.75 Å². The Balaban J connectivity index is 1.80. The Labute approximate surface area is 257 Å². The second-order valence-corrected chi connectivity index (χ2v) is 11.6. The van der Waals surface area contributed by atoms with Crippen molar-refractivity contribution in [2.24, 2.45) is 0 Å². The molecule has 11 nitrogen and oxygen atoms in total. The molecule has 3 aromatic heterocycles. The molecule has 6 rings (SSSR count). The fourth-order valence-electron chi connectivity index (χ4n) is 6.38. The van der Waals surface area contributed by atoms with Gasteiger partial charge in [-0.3, -0.25) is 14.6 Å². The molecule has 0 radical (unpaired) electrons. The highest BCUT2D eigenvalue weighted by atomic mass is 19.1. The number of phenols is 1. The first-order valence-electron chi connectivity index (χ1n) is 14.4. The molecule has 0 aliphatic carbocycles. The van der Waals surface area contributed by atoms with E-state index in [4.69, 9.17) is 0 Å². The highest BCUT2D eigenvalue weighted by Crippen LogP contribution is 2.45. The number of pyridine rings is 2. The number of benzene rings is 1. The molecule has 1 fully saturated rings. The van der Waals surface area contributed by atoms with E-state index in [9.17, 15) is 19.5 Å². The van der Waals surface area contributed by atoms with E-state index in [1.54, 1.807) is 31.0 Å². The van der Waals surface area contributed by atoms with Crippen LogP contribution in [-0.2, 0) is 9.59 Å². The molecule has 13 heteroatoms. The quantitative estimate of drug-likeness (QED) is 0.344. The lowest BCUT2D eigenvalue weighted by molar-refractivity contribution is -0.129. The number of hydrogen-bond donors (Lipinski definition) is 1. The zero-order valence-electron chi connectivity index (χ0n) is 25.4.